The van der Waals surface area contributed by atoms with Crippen LogP contribution in [0.25, 0.3) is 0 Å². The molecule has 2 heteroatoms. The maximum Gasteiger partial charge on any atom is 0.103 e. The van der Waals surface area contributed by atoms with Gasteiger partial charge < -0.3 is 9.52 Å². The Labute approximate surface area is 85.2 Å². The molecule has 78 valence electrons. The van der Waals surface area contributed by atoms with Gasteiger partial charge in [-0.15, -0.1) is 0 Å². The molecule has 1 atom stereocenters. The van der Waals surface area contributed by atoms with Crippen LogP contribution in [0.5, 0.6) is 0 Å². The van der Waals surface area contributed by atoms with Crippen LogP contribution in [0.3, 0.4) is 0 Å². The van der Waals surface area contributed by atoms with Gasteiger partial charge in [-0.3, -0.25) is 0 Å². The average Bonchev–Trinajstić information content (AvgIpc) is 2.67. The van der Waals surface area contributed by atoms with E-state index in [0.29, 0.717) is 6.42 Å². The normalized spacial score (nSPS) is 12.7. The highest BCUT2D eigenvalue weighted by Crippen LogP contribution is 2.12. The highest BCUT2D eigenvalue weighted by molar-refractivity contribution is 4.99. The van der Waals surface area contributed by atoms with E-state index < -0.39 is 0 Å². The molecular weight excluding hydrogens is 176 g/mol. The maximum atomic E-state index is 9.65. The molecule has 0 radical (unpaired) electrons. The molecule has 0 amide bonds. The summed E-state index contributed by atoms with van der Waals surface area (Å²) in [6.07, 6.45) is 4.56. The van der Waals surface area contributed by atoms with Gasteiger partial charge in [-0.2, -0.15) is 0 Å². The van der Waals surface area contributed by atoms with Crippen LogP contribution in [0.2, 0.25) is 0 Å². The fraction of sp³-hybridized carbons (Fsp3) is 0.500. The van der Waals surface area contributed by atoms with Gasteiger partial charge in [0.1, 0.15) is 5.76 Å². The molecule has 0 saturated carbocycles. The van der Waals surface area contributed by atoms with Gasteiger partial charge in [0.2, 0.25) is 0 Å². The summed E-state index contributed by atoms with van der Waals surface area (Å²) < 4.78 is 5.18. The predicted octanol–water partition coefficient (Wildman–Crippen LogP) is 2.93. The molecule has 0 bridgehead atoms. The Balaban J connectivity index is 2.21. The molecule has 1 aromatic rings. The van der Waals surface area contributed by atoms with Gasteiger partial charge in [-0.25, -0.2) is 0 Å². The van der Waals surface area contributed by atoms with Crippen LogP contribution in [0, 0.1) is 0 Å². The van der Waals surface area contributed by atoms with E-state index in [2.05, 4.69) is 13.5 Å². The molecular formula is C12H18O2. The molecule has 0 fully saturated rings. The van der Waals surface area contributed by atoms with Crippen molar-refractivity contribution in [2.45, 2.75) is 38.7 Å². The highest BCUT2D eigenvalue weighted by Gasteiger charge is 2.06. The molecule has 1 heterocycles. The van der Waals surface area contributed by atoms with Crippen LogP contribution in [0.15, 0.2) is 35.0 Å². The van der Waals surface area contributed by atoms with Crippen molar-refractivity contribution in [1.29, 1.82) is 0 Å². The maximum absolute atomic E-state index is 9.65. The number of hydrogen-bond acceptors (Lipinski definition) is 2. The summed E-state index contributed by atoms with van der Waals surface area (Å²) in [5.74, 6) is 0.936. The van der Waals surface area contributed by atoms with E-state index >= 15 is 0 Å². The third-order valence-electron chi connectivity index (χ3n) is 2.33. The van der Waals surface area contributed by atoms with Crippen molar-refractivity contribution in [3.63, 3.8) is 0 Å². The Bertz CT molecular complexity index is 262. The molecule has 0 spiro atoms. The molecule has 0 aliphatic rings. The molecule has 1 unspecified atom stereocenters. The standard InChI is InChI=1S/C12H18O2/c1-3-10(2)9-11(13)6-7-12-5-4-8-14-12/h4-5,8,11,13H,2-3,6-7,9H2,1H3. The molecule has 2 nitrogen and oxygen atoms in total. The van der Waals surface area contributed by atoms with Gasteiger partial charge in [-0.05, 0) is 31.4 Å². The Hall–Kier alpha value is -1.02. The summed E-state index contributed by atoms with van der Waals surface area (Å²) >= 11 is 0. The lowest BCUT2D eigenvalue weighted by molar-refractivity contribution is 0.162. The summed E-state index contributed by atoms with van der Waals surface area (Å²) in [6.45, 7) is 5.93. The molecule has 0 saturated heterocycles. The second-order valence-electron chi connectivity index (χ2n) is 3.58. The third-order valence-corrected chi connectivity index (χ3v) is 2.33. The molecule has 1 aromatic heterocycles. The van der Waals surface area contributed by atoms with Crippen molar-refractivity contribution in [1.82, 2.24) is 0 Å². The lowest BCUT2D eigenvalue weighted by atomic mass is 10.0. The van der Waals surface area contributed by atoms with Crippen molar-refractivity contribution in [2.24, 2.45) is 0 Å². The van der Waals surface area contributed by atoms with Crippen molar-refractivity contribution >= 4 is 0 Å². The predicted molar refractivity (Wildman–Crippen MR) is 57.1 cm³/mol. The lowest BCUT2D eigenvalue weighted by Gasteiger charge is -2.10. The molecule has 1 rings (SSSR count). The van der Waals surface area contributed by atoms with E-state index in [1.165, 1.54) is 0 Å². The van der Waals surface area contributed by atoms with Crippen molar-refractivity contribution in [2.75, 3.05) is 0 Å². The van der Waals surface area contributed by atoms with E-state index in [1.54, 1.807) is 6.26 Å². The van der Waals surface area contributed by atoms with E-state index in [9.17, 15) is 5.11 Å². The van der Waals surface area contributed by atoms with Crippen LogP contribution >= 0.6 is 0 Å². The summed E-state index contributed by atoms with van der Waals surface area (Å²) in [7, 11) is 0. The molecule has 14 heavy (non-hydrogen) atoms. The smallest absolute Gasteiger partial charge is 0.103 e. The first kappa shape index (κ1) is 11.1. The van der Waals surface area contributed by atoms with Crippen LogP contribution in [-0.2, 0) is 6.42 Å². The summed E-state index contributed by atoms with van der Waals surface area (Å²) in [4.78, 5) is 0. The molecule has 0 aliphatic heterocycles. The first-order valence-electron chi connectivity index (χ1n) is 5.09. The van der Waals surface area contributed by atoms with Crippen molar-refractivity contribution < 1.29 is 9.52 Å². The van der Waals surface area contributed by atoms with Gasteiger partial charge in [-0.1, -0.05) is 19.1 Å². The lowest BCUT2D eigenvalue weighted by Crippen LogP contribution is -2.08. The Morgan fingerprint density at radius 3 is 3.00 bits per heavy atom. The van der Waals surface area contributed by atoms with Gasteiger partial charge >= 0.3 is 0 Å². The van der Waals surface area contributed by atoms with E-state index in [0.717, 1.165) is 30.6 Å². The number of aliphatic hydroxyl groups is 1. The molecule has 1 N–H and O–H groups in total. The average molecular weight is 194 g/mol. The first-order valence-corrected chi connectivity index (χ1v) is 5.09. The number of hydrogen-bond donors (Lipinski definition) is 1. The number of aryl methyl sites for hydroxylation is 1. The third kappa shape index (κ3) is 3.79. The van der Waals surface area contributed by atoms with Gasteiger partial charge in [0.25, 0.3) is 0 Å². The van der Waals surface area contributed by atoms with Crippen LogP contribution in [0.1, 0.15) is 31.9 Å². The SMILES string of the molecule is C=C(CC)CC(O)CCc1ccco1. The zero-order chi connectivity index (χ0) is 10.4. The number of furan rings is 1. The second-order valence-corrected chi connectivity index (χ2v) is 3.58. The molecule has 0 aliphatic carbocycles. The fourth-order valence-electron chi connectivity index (χ4n) is 1.34. The zero-order valence-corrected chi connectivity index (χ0v) is 8.70. The highest BCUT2D eigenvalue weighted by atomic mass is 16.3. The minimum atomic E-state index is -0.285. The van der Waals surface area contributed by atoms with E-state index in [4.69, 9.17) is 4.42 Å². The van der Waals surface area contributed by atoms with Gasteiger partial charge in [0.05, 0.1) is 12.4 Å². The largest absolute Gasteiger partial charge is 0.469 e. The second kappa shape index (κ2) is 5.66. The minimum absolute atomic E-state index is 0.285. The van der Waals surface area contributed by atoms with Crippen LogP contribution in [0.4, 0.5) is 0 Å². The van der Waals surface area contributed by atoms with Crippen molar-refractivity contribution in [3.8, 4) is 0 Å². The summed E-state index contributed by atoms with van der Waals surface area (Å²) in [5, 5.41) is 9.65. The Morgan fingerprint density at radius 2 is 2.43 bits per heavy atom. The summed E-state index contributed by atoms with van der Waals surface area (Å²) in [5.41, 5.74) is 1.11. The van der Waals surface area contributed by atoms with Crippen LogP contribution in [-0.4, -0.2) is 11.2 Å². The first-order chi connectivity index (χ1) is 6.72. The fourth-order valence-corrected chi connectivity index (χ4v) is 1.34. The van der Waals surface area contributed by atoms with E-state index in [1.807, 2.05) is 12.1 Å². The Morgan fingerprint density at radius 1 is 1.64 bits per heavy atom. The zero-order valence-electron chi connectivity index (χ0n) is 8.70. The van der Waals surface area contributed by atoms with Gasteiger partial charge in [0.15, 0.2) is 0 Å². The van der Waals surface area contributed by atoms with E-state index in [-0.39, 0.29) is 6.10 Å². The van der Waals surface area contributed by atoms with Gasteiger partial charge in [0, 0.05) is 6.42 Å². The Kier molecular flexibility index (Phi) is 4.47. The van der Waals surface area contributed by atoms with Crippen LogP contribution < -0.4 is 0 Å². The minimum Gasteiger partial charge on any atom is -0.469 e. The molecule has 0 aromatic carbocycles. The topological polar surface area (TPSA) is 33.4 Å². The quantitative estimate of drug-likeness (QED) is 0.706. The number of rotatable bonds is 6. The monoisotopic (exact) mass is 194 g/mol. The van der Waals surface area contributed by atoms with Crippen molar-refractivity contribution in [3.05, 3.63) is 36.3 Å². The number of aliphatic hydroxyl groups excluding tert-OH is 1. The summed E-state index contributed by atoms with van der Waals surface area (Å²) in [6, 6.07) is 3.80.